The van der Waals surface area contributed by atoms with Gasteiger partial charge in [-0.1, -0.05) is 12.1 Å². The Morgan fingerprint density at radius 3 is 2.70 bits per heavy atom. The summed E-state index contributed by atoms with van der Waals surface area (Å²) < 4.78 is 13.3. The van der Waals surface area contributed by atoms with Gasteiger partial charge >= 0.3 is 0 Å². The maximum Gasteiger partial charge on any atom is 0.123 e. The van der Waals surface area contributed by atoms with Crippen molar-refractivity contribution in [3.05, 3.63) is 54.3 Å². The standard InChI is InChI=1S/C16H14FN3/c1-19-16-9-15(10-3-2-4-11(17)7-10)20-14-6-5-12(18)8-13(14)16/h2-9H,18H2,1H3,(H,19,20). The predicted molar refractivity (Wildman–Crippen MR) is 81.1 cm³/mol. The van der Waals surface area contributed by atoms with E-state index in [4.69, 9.17) is 5.73 Å². The SMILES string of the molecule is CNc1cc(-c2cccc(F)c2)nc2ccc(N)cc12. The zero-order chi connectivity index (χ0) is 14.1. The van der Waals surface area contributed by atoms with Gasteiger partial charge in [0.1, 0.15) is 5.82 Å². The number of nitrogen functional groups attached to an aromatic ring is 1. The third kappa shape index (κ3) is 2.16. The second kappa shape index (κ2) is 4.81. The average Bonchev–Trinajstić information content (AvgIpc) is 2.46. The lowest BCUT2D eigenvalue weighted by atomic mass is 10.1. The number of benzene rings is 2. The Balaban J connectivity index is 2.25. The highest BCUT2D eigenvalue weighted by Gasteiger charge is 2.07. The Labute approximate surface area is 116 Å². The molecular weight excluding hydrogens is 253 g/mol. The molecule has 3 N–H and O–H groups in total. The summed E-state index contributed by atoms with van der Waals surface area (Å²) >= 11 is 0. The number of nitrogens with one attached hydrogen (secondary N) is 1. The van der Waals surface area contributed by atoms with Gasteiger partial charge in [-0.05, 0) is 36.4 Å². The van der Waals surface area contributed by atoms with Crippen LogP contribution in [-0.2, 0) is 0 Å². The number of halogens is 1. The topological polar surface area (TPSA) is 50.9 Å². The number of pyridine rings is 1. The molecule has 0 radical (unpaired) electrons. The van der Waals surface area contributed by atoms with Crippen molar-refractivity contribution < 1.29 is 4.39 Å². The van der Waals surface area contributed by atoms with Gasteiger partial charge in [0.2, 0.25) is 0 Å². The summed E-state index contributed by atoms with van der Waals surface area (Å²) in [7, 11) is 1.84. The molecular formula is C16H14FN3. The van der Waals surface area contributed by atoms with Gasteiger partial charge in [0.05, 0.1) is 11.2 Å². The second-order valence-corrected chi connectivity index (χ2v) is 4.59. The van der Waals surface area contributed by atoms with Crippen LogP contribution in [0.3, 0.4) is 0 Å². The Hall–Kier alpha value is -2.62. The summed E-state index contributed by atoms with van der Waals surface area (Å²) in [6, 6.07) is 13.9. The molecule has 0 bridgehead atoms. The molecule has 0 spiro atoms. The van der Waals surface area contributed by atoms with Crippen molar-refractivity contribution in [2.24, 2.45) is 0 Å². The molecule has 0 amide bonds. The van der Waals surface area contributed by atoms with E-state index in [0.29, 0.717) is 5.69 Å². The molecule has 0 fully saturated rings. The van der Waals surface area contributed by atoms with Gasteiger partial charge in [0.15, 0.2) is 0 Å². The van der Waals surface area contributed by atoms with Crippen LogP contribution in [0.15, 0.2) is 48.5 Å². The van der Waals surface area contributed by atoms with E-state index in [1.165, 1.54) is 12.1 Å². The van der Waals surface area contributed by atoms with Gasteiger partial charge in [-0.2, -0.15) is 0 Å². The monoisotopic (exact) mass is 267 g/mol. The molecule has 1 aromatic heterocycles. The molecule has 0 unspecified atom stereocenters. The lowest BCUT2D eigenvalue weighted by Gasteiger charge is -2.10. The van der Waals surface area contributed by atoms with Gasteiger partial charge in [0, 0.05) is 29.4 Å². The molecule has 0 saturated heterocycles. The number of nitrogens with zero attached hydrogens (tertiary/aromatic N) is 1. The number of hydrogen-bond donors (Lipinski definition) is 2. The number of hydrogen-bond acceptors (Lipinski definition) is 3. The van der Waals surface area contributed by atoms with E-state index in [1.54, 1.807) is 6.07 Å². The van der Waals surface area contributed by atoms with Crippen LogP contribution < -0.4 is 11.1 Å². The second-order valence-electron chi connectivity index (χ2n) is 4.59. The van der Waals surface area contributed by atoms with Crippen LogP contribution in [0.4, 0.5) is 15.8 Å². The minimum absolute atomic E-state index is 0.271. The van der Waals surface area contributed by atoms with E-state index in [1.807, 2.05) is 37.4 Å². The van der Waals surface area contributed by atoms with Crippen molar-refractivity contribution >= 4 is 22.3 Å². The largest absolute Gasteiger partial charge is 0.399 e. The van der Waals surface area contributed by atoms with E-state index in [2.05, 4.69) is 10.3 Å². The first-order chi connectivity index (χ1) is 9.67. The maximum absolute atomic E-state index is 13.3. The zero-order valence-electron chi connectivity index (χ0n) is 11.0. The first-order valence-electron chi connectivity index (χ1n) is 6.31. The fraction of sp³-hybridized carbons (Fsp3) is 0.0625. The molecule has 0 atom stereocenters. The zero-order valence-corrected chi connectivity index (χ0v) is 11.0. The third-order valence-electron chi connectivity index (χ3n) is 3.22. The van der Waals surface area contributed by atoms with Gasteiger partial charge in [0.25, 0.3) is 0 Å². The predicted octanol–water partition coefficient (Wildman–Crippen LogP) is 3.66. The van der Waals surface area contributed by atoms with Crippen LogP contribution in [0.25, 0.3) is 22.2 Å². The summed E-state index contributed by atoms with van der Waals surface area (Å²) in [6.07, 6.45) is 0. The Morgan fingerprint density at radius 2 is 1.95 bits per heavy atom. The van der Waals surface area contributed by atoms with E-state index in [0.717, 1.165) is 27.8 Å². The van der Waals surface area contributed by atoms with E-state index < -0.39 is 0 Å². The van der Waals surface area contributed by atoms with E-state index in [-0.39, 0.29) is 5.82 Å². The lowest BCUT2D eigenvalue weighted by molar-refractivity contribution is 0.628. The molecule has 100 valence electrons. The number of nitrogens with two attached hydrogens (primary N) is 1. The van der Waals surface area contributed by atoms with Crippen molar-refractivity contribution in [2.45, 2.75) is 0 Å². The first kappa shape index (κ1) is 12.4. The highest BCUT2D eigenvalue weighted by molar-refractivity contribution is 5.95. The molecule has 0 aliphatic rings. The van der Waals surface area contributed by atoms with Crippen LogP contribution in [0.1, 0.15) is 0 Å². The fourth-order valence-electron chi connectivity index (χ4n) is 2.25. The fourth-order valence-corrected chi connectivity index (χ4v) is 2.25. The van der Waals surface area contributed by atoms with Crippen LogP contribution in [-0.4, -0.2) is 12.0 Å². The summed E-state index contributed by atoms with van der Waals surface area (Å²) in [4.78, 5) is 4.57. The van der Waals surface area contributed by atoms with Crippen molar-refractivity contribution in [3.8, 4) is 11.3 Å². The highest BCUT2D eigenvalue weighted by atomic mass is 19.1. The Kier molecular flexibility index (Phi) is 2.99. The van der Waals surface area contributed by atoms with Gasteiger partial charge in [-0.25, -0.2) is 9.37 Å². The normalized spacial score (nSPS) is 10.7. The molecule has 3 nitrogen and oxygen atoms in total. The summed E-state index contributed by atoms with van der Waals surface area (Å²) in [5.41, 5.74) is 9.72. The molecule has 3 aromatic rings. The Bertz CT molecular complexity index is 784. The lowest BCUT2D eigenvalue weighted by Crippen LogP contribution is -1.95. The molecule has 20 heavy (non-hydrogen) atoms. The molecule has 4 heteroatoms. The Morgan fingerprint density at radius 1 is 1.10 bits per heavy atom. The number of rotatable bonds is 2. The molecule has 1 heterocycles. The van der Waals surface area contributed by atoms with Gasteiger partial charge in [-0.15, -0.1) is 0 Å². The quantitative estimate of drug-likeness (QED) is 0.697. The average molecular weight is 267 g/mol. The molecule has 0 aliphatic carbocycles. The molecule has 0 aliphatic heterocycles. The highest BCUT2D eigenvalue weighted by Crippen LogP contribution is 2.29. The van der Waals surface area contributed by atoms with Gasteiger partial charge < -0.3 is 11.1 Å². The smallest absolute Gasteiger partial charge is 0.123 e. The number of fused-ring (bicyclic) bond motifs is 1. The van der Waals surface area contributed by atoms with Crippen molar-refractivity contribution in [2.75, 3.05) is 18.1 Å². The van der Waals surface area contributed by atoms with Crippen LogP contribution in [0.5, 0.6) is 0 Å². The summed E-state index contributed by atoms with van der Waals surface area (Å²) in [5, 5.41) is 4.08. The number of aromatic nitrogens is 1. The van der Waals surface area contributed by atoms with Crippen molar-refractivity contribution in [1.82, 2.24) is 4.98 Å². The summed E-state index contributed by atoms with van der Waals surface area (Å²) in [5.74, 6) is -0.271. The minimum atomic E-state index is -0.271. The molecule has 2 aromatic carbocycles. The van der Waals surface area contributed by atoms with Crippen molar-refractivity contribution in [3.63, 3.8) is 0 Å². The summed E-state index contributed by atoms with van der Waals surface area (Å²) in [6.45, 7) is 0. The van der Waals surface area contributed by atoms with Gasteiger partial charge in [-0.3, -0.25) is 0 Å². The maximum atomic E-state index is 13.3. The minimum Gasteiger partial charge on any atom is -0.399 e. The van der Waals surface area contributed by atoms with E-state index >= 15 is 0 Å². The van der Waals surface area contributed by atoms with E-state index in [9.17, 15) is 4.39 Å². The molecule has 3 rings (SSSR count). The van der Waals surface area contributed by atoms with Crippen LogP contribution in [0, 0.1) is 5.82 Å². The van der Waals surface area contributed by atoms with Crippen LogP contribution in [0.2, 0.25) is 0 Å². The van der Waals surface area contributed by atoms with Crippen molar-refractivity contribution in [1.29, 1.82) is 0 Å². The third-order valence-corrected chi connectivity index (χ3v) is 3.22. The molecule has 0 saturated carbocycles. The van der Waals surface area contributed by atoms with Crippen LogP contribution >= 0.6 is 0 Å². The number of anilines is 2. The first-order valence-corrected chi connectivity index (χ1v) is 6.31.